The summed E-state index contributed by atoms with van der Waals surface area (Å²) in [5, 5.41) is 27.1. The number of Topliss-reactive ketones (excluding diaryl/α,β-unsaturated/α-hetero) is 1. The Labute approximate surface area is 339 Å². The first-order chi connectivity index (χ1) is 27.1. The number of hydrogen-bond acceptors (Lipinski definition) is 12. The van der Waals surface area contributed by atoms with Gasteiger partial charge in [-0.1, -0.05) is 49.7 Å². The summed E-state index contributed by atoms with van der Waals surface area (Å²) < 4.78 is 30.1. The number of ether oxygens (including phenoxy) is 5. The van der Waals surface area contributed by atoms with E-state index in [1.165, 1.54) is 4.90 Å². The summed E-state index contributed by atoms with van der Waals surface area (Å²) in [6, 6.07) is -1.05. The largest absolute Gasteiger partial charge is 0.456 e. The number of aliphatic hydroxyl groups excluding tert-OH is 1. The molecule has 0 spiro atoms. The second-order valence-corrected chi connectivity index (χ2v) is 17.5. The minimum Gasteiger partial charge on any atom is -0.456 e. The Morgan fingerprint density at radius 3 is 2.39 bits per heavy atom. The quantitative estimate of drug-likeness (QED) is 0.191. The number of aliphatic hydroxyl groups is 2. The Morgan fingerprint density at radius 1 is 1.00 bits per heavy atom. The minimum atomic E-state index is -2.46. The molecule has 13 unspecified atom stereocenters. The zero-order chi connectivity index (χ0) is 41.6. The molecule has 4 bridgehead atoms. The molecule has 4 heterocycles. The van der Waals surface area contributed by atoms with Crippen LogP contribution in [0.2, 0.25) is 0 Å². The van der Waals surface area contributed by atoms with Gasteiger partial charge in [-0.05, 0) is 95.5 Å². The van der Waals surface area contributed by atoms with E-state index in [1.54, 1.807) is 28.3 Å². The molecule has 57 heavy (non-hydrogen) atoms. The van der Waals surface area contributed by atoms with Gasteiger partial charge in [-0.15, -0.1) is 6.58 Å². The van der Waals surface area contributed by atoms with Crippen LogP contribution >= 0.6 is 0 Å². The first-order valence-electron chi connectivity index (χ1n) is 21.1. The number of nitrogens with zero attached hydrogens (tertiary/aromatic N) is 2. The summed E-state index contributed by atoms with van der Waals surface area (Å²) >= 11 is 0. The van der Waals surface area contributed by atoms with Crippen LogP contribution in [0.3, 0.4) is 0 Å². The monoisotopic (exact) mass is 800 g/mol. The molecule has 13 heteroatoms. The van der Waals surface area contributed by atoms with Gasteiger partial charge in [0.05, 0.1) is 30.1 Å². The number of oxime groups is 1. The molecule has 5 aliphatic rings. The molecule has 14 atom stereocenters. The minimum absolute atomic E-state index is 0.0413. The molecule has 0 aromatic rings. The normalized spacial score (nSPS) is 41.4. The van der Waals surface area contributed by atoms with Gasteiger partial charge in [0.25, 0.3) is 11.7 Å². The summed E-state index contributed by atoms with van der Waals surface area (Å²) in [7, 11) is 4.73. The van der Waals surface area contributed by atoms with Crippen molar-refractivity contribution in [3.63, 3.8) is 0 Å². The van der Waals surface area contributed by atoms with Crippen LogP contribution in [0.4, 0.5) is 0 Å². The zero-order valence-corrected chi connectivity index (χ0v) is 35.4. The third-order valence-corrected chi connectivity index (χ3v) is 13.2. The second-order valence-electron chi connectivity index (χ2n) is 17.5. The average molecular weight is 801 g/mol. The van der Waals surface area contributed by atoms with Crippen LogP contribution in [0.1, 0.15) is 105 Å². The maximum atomic E-state index is 14.4. The second kappa shape index (κ2) is 19.9. The smallest absolute Gasteiger partial charge is 0.329 e. The van der Waals surface area contributed by atoms with Crippen LogP contribution in [0, 0.1) is 29.6 Å². The molecule has 3 fully saturated rings. The number of rotatable bonds is 7. The molecule has 2 saturated heterocycles. The molecular weight excluding hydrogens is 732 g/mol. The fourth-order valence-electron chi connectivity index (χ4n) is 9.80. The van der Waals surface area contributed by atoms with Crippen molar-refractivity contribution in [2.24, 2.45) is 34.7 Å². The van der Waals surface area contributed by atoms with E-state index in [0.717, 1.165) is 29.7 Å². The predicted molar refractivity (Wildman–Crippen MR) is 214 cm³/mol. The molecule has 4 aliphatic heterocycles. The van der Waals surface area contributed by atoms with Crippen molar-refractivity contribution in [1.82, 2.24) is 4.90 Å². The highest BCUT2D eigenvalue weighted by atomic mass is 16.7. The Balaban J connectivity index is 1.54. The molecule has 1 aliphatic carbocycles. The van der Waals surface area contributed by atoms with Gasteiger partial charge in [-0.25, -0.2) is 4.79 Å². The van der Waals surface area contributed by atoms with Gasteiger partial charge in [-0.2, -0.15) is 0 Å². The molecule has 5 rings (SSSR count). The number of fused-ring (bicyclic) bond motifs is 5. The van der Waals surface area contributed by atoms with Gasteiger partial charge in [-0.3, -0.25) is 9.59 Å². The van der Waals surface area contributed by atoms with Crippen LogP contribution in [0.15, 0.2) is 41.1 Å². The standard InChI is InChI=1S/C44H68N2O11/c1-10-13-31-19-25(2)18-26(3)20-37(53-8)40-38(54-9)22-28(5)44(51,56-40)41(48)42(49)46-17-12-11-14-33(46)43(50)55-39(29(6)35-24-32(31)45-57-35)27(4)21-30-15-16-34(47)36(23-30)52-7/h10,19,21,26,28-31,33-40,47,51H,1,11-18,20,22-24H2,2-9H3/b25-19+,27-21+/t26?,28?,29?,30?,31?,33?,34?,35-,36?,37?,38?,39?,40?,44?/m1/s1. The Hall–Kier alpha value is -2.94. The maximum Gasteiger partial charge on any atom is 0.329 e. The van der Waals surface area contributed by atoms with Crippen LogP contribution in [0.25, 0.3) is 0 Å². The van der Waals surface area contributed by atoms with Gasteiger partial charge < -0.3 is 43.6 Å². The van der Waals surface area contributed by atoms with Crippen LogP contribution in [0.5, 0.6) is 0 Å². The van der Waals surface area contributed by atoms with Gasteiger partial charge in [0.15, 0.2) is 0 Å². The first kappa shape index (κ1) is 45.1. The van der Waals surface area contributed by atoms with Crippen molar-refractivity contribution < 1.29 is 53.1 Å². The third-order valence-electron chi connectivity index (χ3n) is 13.2. The van der Waals surface area contributed by atoms with Crippen molar-refractivity contribution in [1.29, 1.82) is 0 Å². The lowest BCUT2D eigenvalue weighted by Gasteiger charge is -2.47. The summed E-state index contributed by atoms with van der Waals surface area (Å²) in [4.78, 5) is 50.4. The van der Waals surface area contributed by atoms with Crippen molar-refractivity contribution in [2.45, 2.75) is 160 Å². The average Bonchev–Trinajstić information content (AvgIpc) is 3.69. The SMILES string of the molecule is C=CCC1/C=C(\C)CC(C)CC(OC)C2OC(O)(C(=O)C(=O)N3CCCCC3C(=O)OC(/C(C)=C/C3CCC(O)C(OC)C3)C(C)[C@H]3CC1=NO3)C(C)CC2OC. The van der Waals surface area contributed by atoms with Crippen LogP contribution in [-0.2, 0) is 42.9 Å². The maximum absolute atomic E-state index is 14.4. The number of carbonyl (C=O) groups excluding carboxylic acids is 3. The van der Waals surface area contributed by atoms with E-state index in [9.17, 15) is 24.6 Å². The van der Waals surface area contributed by atoms with E-state index in [-0.39, 0.29) is 42.7 Å². The highest BCUT2D eigenvalue weighted by molar-refractivity contribution is 6.39. The Bertz CT molecular complexity index is 1530. The fraction of sp³-hybridized carbons (Fsp3) is 0.773. The summed E-state index contributed by atoms with van der Waals surface area (Å²) in [6.45, 7) is 14.0. The van der Waals surface area contributed by atoms with Crippen molar-refractivity contribution in [2.75, 3.05) is 27.9 Å². The van der Waals surface area contributed by atoms with E-state index in [2.05, 4.69) is 37.7 Å². The Kier molecular flexibility index (Phi) is 15.7. The highest BCUT2D eigenvalue weighted by Gasteiger charge is 2.56. The lowest BCUT2D eigenvalue weighted by molar-refractivity contribution is -0.302. The molecule has 13 nitrogen and oxygen atoms in total. The van der Waals surface area contributed by atoms with E-state index < -0.39 is 72.0 Å². The van der Waals surface area contributed by atoms with Crippen molar-refractivity contribution >= 4 is 23.4 Å². The van der Waals surface area contributed by atoms with Gasteiger partial charge >= 0.3 is 5.97 Å². The predicted octanol–water partition coefficient (Wildman–Crippen LogP) is 5.46. The highest BCUT2D eigenvalue weighted by Crippen LogP contribution is 2.40. The van der Waals surface area contributed by atoms with E-state index in [4.69, 9.17) is 28.5 Å². The molecule has 1 amide bonds. The van der Waals surface area contributed by atoms with Gasteiger partial charge in [0.1, 0.15) is 24.4 Å². The number of allylic oxidation sites excluding steroid dienone is 4. The lowest BCUT2D eigenvalue weighted by atomic mass is 9.81. The first-order valence-corrected chi connectivity index (χ1v) is 21.1. The summed E-state index contributed by atoms with van der Waals surface area (Å²) in [5.41, 5.74) is 2.87. The number of amides is 1. The van der Waals surface area contributed by atoms with E-state index in [1.807, 2.05) is 19.9 Å². The van der Waals surface area contributed by atoms with Crippen LogP contribution < -0.4 is 0 Å². The molecule has 0 radical (unpaired) electrons. The summed E-state index contributed by atoms with van der Waals surface area (Å²) in [6.07, 6.45) is 8.56. The lowest BCUT2D eigenvalue weighted by Crippen LogP contribution is -2.64. The molecule has 0 aromatic carbocycles. The number of piperidine rings is 1. The molecule has 320 valence electrons. The van der Waals surface area contributed by atoms with Crippen LogP contribution in [-0.4, -0.2) is 121 Å². The number of esters is 1. The molecule has 1 saturated carbocycles. The van der Waals surface area contributed by atoms with Crippen molar-refractivity contribution in [3.8, 4) is 0 Å². The number of cyclic esters (lactones) is 1. The third kappa shape index (κ3) is 10.3. The number of hydrogen-bond donors (Lipinski definition) is 2. The van der Waals surface area contributed by atoms with E-state index in [0.29, 0.717) is 51.4 Å². The van der Waals surface area contributed by atoms with Gasteiger partial charge in [0.2, 0.25) is 5.79 Å². The number of methoxy groups -OCH3 is 3. The fourth-order valence-corrected chi connectivity index (χ4v) is 9.80. The van der Waals surface area contributed by atoms with E-state index >= 15 is 0 Å². The topological polar surface area (TPSA) is 163 Å². The molecule has 2 N–H and O–H groups in total. The number of ketones is 1. The molecular formula is C44H68N2O11. The Morgan fingerprint density at radius 2 is 1.70 bits per heavy atom. The van der Waals surface area contributed by atoms with Crippen molar-refractivity contribution in [3.05, 3.63) is 36.0 Å². The molecule has 0 aromatic heterocycles. The summed E-state index contributed by atoms with van der Waals surface area (Å²) in [5.74, 6) is -6.16. The van der Waals surface area contributed by atoms with Gasteiger partial charge in [0, 0.05) is 52.0 Å². The zero-order valence-electron chi connectivity index (χ0n) is 35.4. The number of carbonyl (C=O) groups is 3.